The maximum Gasteiger partial charge on any atom is 0.251 e. The van der Waals surface area contributed by atoms with Crippen molar-refractivity contribution in [2.45, 2.75) is 13.5 Å². The van der Waals surface area contributed by atoms with E-state index in [1.807, 2.05) is 6.07 Å². The van der Waals surface area contributed by atoms with Crippen molar-refractivity contribution in [2.24, 2.45) is 0 Å². The summed E-state index contributed by atoms with van der Waals surface area (Å²) in [5.74, 6) is 0.463. The van der Waals surface area contributed by atoms with Gasteiger partial charge in [-0.05, 0) is 42.3 Å². The van der Waals surface area contributed by atoms with Crippen LogP contribution in [-0.2, 0) is 6.54 Å². The maximum absolute atomic E-state index is 12.0. The van der Waals surface area contributed by atoms with Crippen molar-refractivity contribution in [3.63, 3.8) is 0 Å². The summed E-state index contributed by atoms with van der Waals surface area (Å²) in [6, 6.07) is 10.2. The summed E-state index contributed by atoms with van der Waals surface area (Å²) in [5, 5.41) is 12.4. The smallest absolute Gasteiger partial charge is 0.251 e. The number of methoxy groups -OCH3 is 1. The van der Waals surface area contributed by atoms with Crippen LogP contribution in [0.2, 0.25) is 0 Å². The van der Waals surface area contributed by atoms with Crippen molar-refractivity contribution in [1.82, 2.24) is 5.32 Å². The fourth-order valence-electron chi connectivity index (χ4n) is 1.93. The summed E-state index contributed by atoms with van der Waals surface area (Å²) in [6.45, 7) is 2.12. The van der Waals surface area contributed by atoms with Gasteiger partial charge in [0.15, 0.2) is 0 Å². The number of nitrogens with one attached hydrogen (secondary N) is 1. The van der Waals surface area contributed by atoms with E-state index in [4.69, 9.17) is 10.5 Å². The quantitative estimate of drug-likeness (QED) is 0.752. The number of hydrogen-bond donors (Lipinski definition) is 3. The molecule has 0 aromatic heterocycles. The highest BCUT2D eigenvalue weighted by atomic mass is 16.5. The van der Waals surface area contributed by atoms with Crippen LogP contribution in [0.3, 0.4) is 0 Å². The van der Waals surface area contributed by atoms with Gasteiger partial charge >= 0.3 is 0 Å². The lowest BCUT2D eigenvalue weighted by molar-refractivity contribution is 0.0950. The summed E-state index contributed by atoms with van der Waals surface area (Å²) < 4.78 is 5.08. The van der Waals surface area contributed by atoms with E-state index in [9.17, 15) is 9.90 Å². The number of phenols is 1. The minimum Gasteiger partial charge on any atom is -0.508 e. The Kier molecular flexibility index (Phi) is 4.33. The molecule has 0 bridgehead atoms. The Balaban J connectivity index is 2.03. The van der Waals surface area contributed by atoms with Crippen LogP contribution < -0.4 is 15.8 Å². The van der Waals surface area contributed by atoms with Gasteiger partial charge in [0, 0.05) is 12.1 Å². The van der Waals surface area contributed by atoms with Gasteiger partial charge in [-0.15, -0.1) is 0 Å². The zero-order valence-corrected chi connectivity index (χ0v) is 12.0. The van der Waals surface area contributed by atoms with Crippen molar-refractivity contribution in [2.75, 3.05) is 12.8 Å². The third-order valence-corrected chi connectivity index (χ3v) is 3.22. The van der Waals surface area contributed by atoms with Gasteiger partial charge in [0.1, 0.15) is 11.5 Å². The Labute approximate surface area is 123 Å². The molecule has 21 heavy (non-hydrogen) atoms. The first-order valence-corrected chi connectivity index (χ1v) is 6.51. The highest BCUT2D eigenvalue weighted by Crippen LogP contribution is 2.22. The fraction of sp³-hybridized carbons (Fsp3) is 0.188. The predicted molar refractivity (Wildman–Crippen MR) is 81.4 cm³/mol. The number of carbonyl (C=O) groups excluding carboxylic acids is 1. The van der Waals surface area contributed by atoms with Crippen LogP contribution in [0.5, 0.6) is 11.5 Å². The summed E-state index contributed by atoms with van der Waals surface area (Å²) in [7, 11) is 1.55. The lowest BCUT2D eigenvalue weighted by Crippen LogP contribution is -2.22. The van der Waals surface area contributed by atoms with Gasteiger partial charge in [-0.1, -0.05) is 12.1 Å². The fourth-order valence-corrected chi connectivity index (χ4v) is 1.93. The normalized spacial score (nSPS) is 10.2. The van der Waals surface area contributed by atoms with Crippen molar-refractivity contribution in [1.29, 1.82) is 0 Å². The second kappa shape index (κ2) is 6.17. The van der Waals surface area contributed by atoms with Gasteiger partial charge in [-0.25, -0.2) is 0 Å². The molecule has 2 aromatic rings. The second-order valence-electron chi connectivity index (χ2n) is 4.76. The molecule has 0 aliphatic carbocycles. The molecule has 0 radical (unpaired) electrons. The van der Waals surface area contributed by atoms with Crippen molar-refractivity contribution < 1.29 is 14.6 Å². The summed E-state index contributed by atoms with van der Waals surface area (Å²) >= 11 is 0. The molecule has 0 saturated heterocycles. The van der Waals surface area contributed by atoms with E-state index < -0.39 is 0 Å². The molecule has 0 unspecified atom stereocenters. The molecular weight excluding hydrogens is 268 g/mol. The first kappa shape index (κ1) is 14.7. The number of benzene rings is 2. The number of amides is 1. The molecule has 0 fully saturated rings. The number of nitrogen functional groups attached to an aromatic ring is 1. The Morgan fingerprint density at radius 2 is 2.05 bits per heavy atom. The first-order chi connectivity index (χ1) is 10.0. The number of aromatic hydroxyl groups is 1. The molecule has 0 saturated carbocycles. The second-order valence-corrected chi connectivity index (χ2v) is 4.76. The molecule has 2 rings (SSSR count). The van der Waals surface area contributed by atoms with E-state index in [0.717, 1.165) is 11.1 Å². The van der Waals surface area contributed by atoms with E-state index in [1.54, 1.807) is 38.3 Å². The summed E-state index contributed by atoms with van der Waals surface area (Å²) in [5.41, 5.74) is 8.36. The van der Waals surface area contributed by atoms with E-state index in [1.165, 1.54) is 6.07 Å². The number of phenolic OH excluding ortho intramolecular Hbond substituents is 1. The minimum atomic E-state index is -0.250. The highest BCUT2D eigenvalue weighted by Gasteiger charge is 2.08. The number of rotatable bonds is 4. The molecular formula is C16H18N2O3. The number of anilines is 1. The molecule has 4 N–H and O–H groups in total. The van der Waals surface area contributed by atoms with E-state index in [-0.39, 0.29) is 11.7 Å². The largest absolute Gasteiger partial charge is 0.508 e. The van der Waals surface area contributed by atoms with Gasteiger partial charge in [0.05, 0.1) is 12.8 Å². The van der Waals surface area contributed by atoms with E-state index in [2.05, 4.69) is 5.32 Å². The lowest BCUT2D eigenvalue weighted by Gasteiger charge is -2.09. The average molecular weight is 286 g/mol. The third-order valence-electron chi connectivity index (χ3n) is 3.22. The molecule has 0 spiro atoms. The first-order valence-electron chi connectivity index (χ1n) is 6.51. The van der Waals surface area contributed by atoms with Gasteiger partial charge in [-0.3, -0.25) is 4.79 Å². The van der Waals surface area contributed by atoms with Crippen molar-refractivity contribution >= 4 is 11.6 Å². The zero-order chi connectivity index (χ0) is 15.4. The topological polar surface area (TPSA) is 84.6 Å². The molecule has 0 aliphatic rings. The summed E-state index contributed by atoms with van der Waals surface area (Å²) in [4.78, 5) is 12.0. The van der Waals surface area contributed by atoms with Gasteiger partial charge in [-0.2, -0.15) is 0 Å². The highest BCUT2D eigenvalue weighted by molar-refractivity contribution is 5.94. The molecule has 0 atom stereocenters. The Morgan fingerprint density at radius 3 is 2.67 bits per heavy atom. The molecule has 0 heterocycles. The SMILES string of the molecule is COc1ccc(CNC(=O)c2ccc(C)c(O)c2)cc1N. The molecule has 5 heteroatoms. The van der Waals surface area contributed by atoms with E-state index in [0.29, 0.717) is 23.5 Å². The molecule has 1 amide bonds. The lowest BCUT2D eigenvalue weighted by atomic mass is 10.1. The standard InChI is InChI=1S/C16H18N2O3/c1-10-3-5-12(8-14(10)19)16(20)18-9-11-4-6-15(21-2)13(17)7-11/h3-8,19H,9,17H2,1-2H3,(H,18,20). The van der Waals surface area contributed by atoms with Crippen LogP contribution in [0.4, 0.5) is 5.69 Å². The monoisotopic (exact) mass is 286 g/mol. The van der Waals surface area contributed by atoms with Crippen LogP contribution in [0.25, 0.3) is 0 Å². The van der Waals surface area contributed by atoms with Gasteiger partial charge in [0.25, 0.3) is 5.91 Å². The van der Waals surface area contributed by atoms with Crippen LogP contribution in [0, 0.1) is 6.92 Å². The van der Waals surface area contributed by atoms with Crippen LogP contribution in [0.15, 0.2) is 36.4 Å². The van der Waals surface area contributed by atoms with Crippen LogP contribution in [0.1, 0.15) is 21.5 Å². The molecule has 5 nitrogen and oxygen atoms in total. The van der Waals surface area contributed by atoms with Crippen molar-refractivity contribution in [3.05, 3.63) is 53.1 Å². The number of carbonyl (C=O) groups is 1. The number of nitrogens with two attached hydrogens (primary N) is 1. The van der Waals surface area contributed by atoms with Crippen molar-refractivity contribution in [3.8, 4) is 11.5 Å². The van der Waals surface area contributed by atoms with E-state index >= 15 is 0 Å². The number of ether oxygens (including phenoxy) is 1. The Morgan fingerprint density at radius 1 is 1.29 bits per heavy atom. The minimum absolute atomic E-state index is 0.108. The third kappa shape index (κ3) is 3.45. The number of aryl methyl sites for hydroxylation is 1. The Hall–Kier alpha value is -2.69. The molecule has 0 aliphatic heterocycles. The van der Waals surface area contributed by atoms with Gasteiger partial charge in [0.2, 0.25) is 0 Å². The van der Waals surface area contributed by atoms with Crippen LogP contribution >= 0.6 is 0 Å². The number of hydrogen-bond acceptors (Lipinski definition) is 4. The summed E-state index contributed by atoms with van der Waals surface area (Å²) in [6.07, 6.45) is 0. The Bertz CT molecular complexity index is 669. The zero-order valence-electron chi connectivity index (χ0n) is 12.0. The predicted octanol–water partition coefficient (Wildman–Crippen LogP) is 2.22. The molecule has 110 valence electrons. The van der Waals surface area contributed by atoms with Crippen LogP contribution in [-0.4, -0.2) is 18.1 Å². The molecule has 2 aromatic carbocycles. The maximum atomic E-state index is 12.0. The average Bonchev–Trinajstić information content (AvgIpc) is 2.47. The van der Waals surface area contributed by atoms with Gasteiger partial charge < -0.3 is 20.9 Å².